The SMILES string of the molecule is NCC(=O)Nc1ccc(Cl)c(NC(=O)CCC2CCCCC2)c1. The van der Waals surface area contributed by atoms with E-state index in [1.807, 2.05) is 0 Å². The van der Waals surface area contributed by atoms with E-state index in [0.717, 1.165) is 6.42 Å². The maximum absolute atomic E-state index is 12.1. The quantitative estimate of drug-likeness (QED) is 0.742. The summed E-state index contributed by atoms with van der Waals surface area (Å²) in [7, 11) is 0. The number of anilines is 2. The van der Waals surface area contributed by atoms with Crippen molar-refractivity contribution in [2.24, 2.45) is 11.7 Å². The molecule has 126 valence electrons. The van der Waals surface area contributed by atoms with Gasteiger partial charge in [-0.3, -0.25) is 9.59 Å². The Morgan fingerprint density at radius 2 is 1.87 bits per heavy atom. The van der Waals surface area contributed by atoms with Gasteiger partial charge in [0.05, 0.1) is 17.3 Å². The Bertz CT molecular complexity index is 557. The summed E-state index contributed by atoms with van der Waals surface area (Å²) in [4.78, 5) is 23.4. The molecular weight excluding hydrogens is 314 g/mol. The van der Waals surface area contributed by atoms with Crippen LogP contribution < -0.4 is 16.4 Å². The van der Waals surface area contributed by atoms with Gasteiger partial charge in [0.15, 0.2) is 0 Å². The van der Waals surface area contributed by atoms with Crippen LogP contribution in [0.5, 0.6) is 0 Å². The average Bonchev–Trinajstić information content (AvgIpc) is 2.57. The first-order valence-corrected chi connectivity index (χ1v) is 8.55. The van der Waals surface area contributed by atoms with E-state index in [9.17, 15) is 9.59 Å². The van der Waals surface area contributed by atoms with Crippen molar-refractivity contribution >= 4 is 34.8 Å². The van der Waals surface area contributed by atoms with Crippen LogP contribution in [0.4, 0.5) is 11.4 Å². The molecule has 5 nitrogen and oxygen atoms in total. The summed E-state index contributed by atoms with van der Waals surface area (Å²) in [5, 5.41) is 5.92. The van der Waals surface area contributed by atoms with Crippen LogP contribution in [0.1, 0.15) is 44.9 Å². The first-order valence-electron chi connectivity index (χ1n) is 8.18. The lowest BCUT2D eigenvalue weighted by atomic mass is 9.86. The fourth-order valence-electron chi connectivity index (χ4n) is 2.93. The van der Waals surface area contributed by atoms with Gasteiger partial charge in [0.25, 0.3) is 0 Å². The number of nitrogens with one attached hydrogen (secondary N) is 2. The Kier molecular flexibility index (Phi) is 6.86. The van der Waals surface area contributed by atoms with Gasteiger partial charge in [0.1, 0.15) is 0 Å². The van der Waals surface area contributed by atoms with Crippen LogP contribution in [-0.2, 0) is 9.59 Å². The van der Waals surface area contributed by atoms with Gasteiger partial charge < -0.3 is 16.4 Å². The van der Waals surface area contributed by atoms with E-state index in [0.29, 0.717) is 28.7 Å². The standard InChI is InChI=1S/C17H24ClN3O2/c18-14-8-7-13(20-17(23)11-19)10-15(14)21-16(22)9-6-12-4-2-1-3-5-12/h7-8,10,12H,1-6,9,11,19H2,(H,20,23)(H,21,22). The van der Waals surface area contributed by atoms with Crippen molar-refractivity contribution < 1.29 is 9.59 Å². The Morgan fingerprint density at radius 1 is 1.13 bits per heavy atom. The van der Waals surface area contributed by atoms with E-state index in [2.05, 4.69) is 10.6 Å². The van der Waals surface area contributed by atoms with Crippen molar-refractivity contribution in [1.29, 1.82) is 0 Å². The van der Waals surface area contributed by atoms with E-state index < -0.39 is 0 Å². The zero-order chi connectivity index (χ0) is 16.7. The van der Waals surface area contributed by atoms with E-state index in [4.69, 9.17) is 17.3 Å². The molecule has 6 heteroatoms. The summed E-state index contributed by atoms with van der Waals surface area (Å²) in [6, 6.07) is 4.96. The molecule has 4 N–H and O–H groups in total. The second-order valence-corrected chi connectivity index (χ2v) is 6.45. The maximum atomic E-state index is 12.1. The molecule has 1 aromatic carbocycles. The fourth-order valence-corrected chi connectivity index (χ4v) is 3.10. The number of rotatable bonds is 6. The zero-order valence-corrected chi connectivity index (χ0v) is 14.0. The van der Waals surface area contributed by atoms with E-state index in [1.54, 1.807) is 18.2 Å². The number of carbonyl (C=O) groups is 2. The number of carbonyl (C=O) groups excluding carboxylic acids is 2. The molecule has 0 spiro atoms. The third kappa shape index (κ3) is 5.84. The zero-order valence-electron chi connectivity index (χ0n) is 13.2. The highest BCUT2D eigenvalue weighted by molar-refractivity contribution is 6.33. The van der Waals surface area contributed by atoms with Gasteiger partial charge in [-0.15, -0.1) is 0 Å². The first kappa shape index (κ1) is 17.8. The summed E-state index contributed by atoms with van der Waals surface area (Å²) in [5.41, 5.74) is 6.34. The summed E-state index contributed by atoms with van der Waals surface area (Å²) in [6.45, 7) is -0.0916. The van der Waals surface area contributed by atoms with E-state index in [-0.39, 0.29) is 18.4 Å². The molecule has 1 saturated carbocycles. The van der Waals surface area contributed by atoms with Crippen molar-refractivity contribution in [3.05, 3.63) is 23.2 Å². The molecule has 0 aliphatic heterocycles. The third-order valence-electron chi connectivity index (χ3n) is 4.21. The minimum absolute atomic E-state index is 0.0419. The molecule has 0 bridgehead atoms. The third-order valence-corrected chi connectivity index (χ3v) is 4.54. The molecule has 1 aliphatic carbocycles. The summed E-state index contributed by atoms with van der Waals surface area (Å²) < 4.78 is 0. The lowest BCUT2D eigenvalue weighted by Crippen LogP contribution is -2.22. The van der Waals surface area contributed by atoms with Crippen LogP contribution in [0.15, 0.2) is 18.2 Å². The van der Waals surface area contributed by atoms with Gasteiger partial charge in [-0.1, -0.05) is 43.7 Å². The molecule has 1 aliphatic rings. The van der Waals surface area contributed by atoms with Crippen LogP contribution in [-0.4, -0.2) is 18.4 Å². The second kappa shape index (κ2) is 8.89. The van der Waals surface area contributed by atoms with Crippen LogP contribution in [0.25, 0.3) is 0 Å². The van der Waals surface area contributed by atoms with Gasteiger partial charge in [0, 0.05) is 12.1 Å². The van der Waals surface area contributed by atoms with Gasteiger partial charge in [0.2, 0.25) is 11.8 Å². The van der Waals surface area contributed by atoms with Crippen molar-refractivity contribution in [3.8, 4) is 0 Å². The largest absolute Gasteiger partial charge is 0.325 e. The number of nitrogens with two attached hydrogens (primary N) is 1. The van der Waals surface area contributed by atoms with Crippen molar-refractivity contribution in [1.82, 2.24) is 0 Å². The molecule has 0 radical (unpaired) electrons. The van der Waals surface area contributed by atoms with Gasteiger partial charge in [-0.2, -0.15) is 0 Å². The molecule has 23 heavy (non-hydrogen) atoms. The van der Waals surface area contributed by atoms with Crippen molar-refractivity contribution in [3.63, 3.8) is 0 Å². The Balaban J connectivity index is 1.88. The number of halogens is 1. The highest BCUT2D eigenvalue weighted by Gasteiger charge is 2.15. The van der Waals surface area contributed by atoms with E-state index >= 15 is 0 Å². The minimum atomic E-state index is -0.290. The normalized spacial score (nSPS) is 15.2. The average molecular weight is 338 g/mol. The van der Waals surface area contributed by atoms with Crippen LogP contribution >= 0.6 is 11.6 Å². The molecule has 1 fully saturated rings. The Morgan fingerprint density at radius 3 is 2.57 bits per heavy atom. The lowest BCUT2D eigenvalue weighted by molar-refractivity contribution is -0.116. The van der Waals surface area contributed by atoms with Crippen molar-refractivity contribution in [2.45, 2.75) is 44.9 Å². The van der Waals surface area contributed by atoms with E-state index in [1.165, 1.54) is 32.1 Å². The van der Waals surface area contributed by atoms with Gasteiger partial charge >= 0.3 is 0 Å². The predicted octanol–water partition coefficient (Wildman–Crippen LogP) is 3.54. The number of amides is 2. The highest BCUT2D eigenvalue weighted by atomic mass is 35.5. The summed E-state index contributed by atoms with van der Waals surface area (Å²) >= 11 is 6.11. The predicted molar refractivity (Wildman–Crippen MR) is 93.6 cm³/mol. The monoisotopic (exact) mass is 337 g/mol. The molecule has 2 rings (SSSR count). The topological polar surface area (TPSA) is 84.2 Å². The molecule has 0 aromatic heterocycles. The molecule has 0 saturated heterocycles. The van der Waals surface area contributed by atoms with Gasteiger partial charge in [-0.05, 0) is 30.5 Å². The summed E-state index contributed by atoms with van der Waals surface area (Å²) in [5.74, 6) is 0.335. The fraction of sp³-hybridized carbons (Fsp3) is 0.529. The molecular formula is C17H24ClN3O2. The second-order valence-electron chi connectivity index (χ2n) is 6.04. The highest BCUT2D eigenvalue weighted by Crippen LogP contribution is 2.28. The molecule has 0 heterocycles. The van der Waals surface area contributed by atoms with Crippen LogP contribution in [0.2, 0.25) is 5.02 Å². The van der Waals surface area contributed by atoms with Crippen LogP contribution in [0.3, 0.4) is 0 Å². The number of hydrogen-bond acceptors (Lipinski definition) is 3. The van der Waals surface area contributed by atoms with Gasteiger partial charge in [-0.25, -0.2) is 0 Å². The van der Waals surface area contributed by atoms with Crippen LogP contribution in [0, 0.1) is 5.92 Å². The molecule has 0 unspecified atom stereocenters. The number of benzene rings is 1. The van der Waals surface area contributed by atoms with Crippen molar-refractivity contribution in [2.75, 3.05) is 17.2 Å². The minimum Gasteiger partial charge on any atom is -0.325 e. The first-order chi connectivity index (χ1) is 11.1. The Labute approximate surface area is 142 Å². The molecule has 0 atom stereocenters. The molecule has 2 amide bonds. The Hall–Kier alpha value is -1.59. The number of hydrogen-bond donors (Lipinski definition) is 3. The molecule has 1 aromatic rings. The smallest absolute Gasteiger partial charge is 0.238 e. The summed E-state index contributed by atoms with van der Waals surface area (Å²) in [6.07, 6.45) is 7.76. The maximum Gasteiger partial charge on any atom is 0.238 e. The lowest BCUT2D eigenvalue weighted by Gasteiger charge is -2.21.